The minimum atomic E-state index is -2.81. The summed E-state index contributed by atoms with van der Waals surface area (Å²) < 4.78 is 29.3. The SMILES string of the molecule is CNc1c2c(nc3ccc(OC(F)F)cc13)CCCCC2. The number of anilines is 1. The fourth-order valence-corrected chi connectivity index (χ4v) is 3.04. The van der Waals surface area contributed by atoms with E-state index in [0.29, 0.717) is 0 Å². The first-order chi connectivity index (χ1) is 10.2. The van der Waals surface area contributed by atoms with E-state index < -0.39 is 6.61 Å². The van der Waals surface area contributed by atoms with Crippen molar-refractivity contribution < 1.29 is 13.5 Å². The molecule has 1 aromatic heterocycles. The van der Waals surface area contributed by atoms with Crippen molar-refractivity contribution in [2.45, 2.75) is 38.7 Å². The number of alkyl halides is 2. The maximum Gasteiger partial charge on any atom is 0.387 e. The lowest BCUT2D eigenvalue weighted by Gasteiger charge is -2.16. The van der Waals surface area contributed by atoms with Crippen molar-refractivity contribution in [3.63, 3.8) is 0 Å². The number of hydrogen-bond donors (Lipinski definition) is 1. The van der Waals surface area contributed by atoms with Gasteiger partial charge in [-0.25, -0.2) is 0 Å². The van der Waals surface area contributed by atoms with Gasteiger partial charge >= 0.3 is 6.61 Å². The number of benzene rings is 1. The molecule has 3 nitrogen and oxygen atoms in total. The van der Waals surface area contributed by atoms with E-state index in [0.717, 1.165) is 48.0 Å². The summed E-state index contributed by atoms with van der Waals surface area (Å²) in [5, 5.41) is 4.07. The Morgan fingerprint density at radius 2 is 2.00 bits per heavy atom. The van der Waals surface area contributed by atoms with E-state index in [1.165, 1.54) is 12.0 Å². The van der Waals surface area contributed by atoms with Crippen LogP contribution in [0.2, 0.25) is 0 Å². The zero-order valence-corrected chi connectivity index (χ0v) is 12.0. The molecule has 1 heterocycles. The molecule has 2 aromatic rings. The minimum absolute atomic E-state index is 0.171. The van der Waals surface area contributed by atoms with Gasteiger partial charge in [0.05, 0.1) is 5.52 Å². The van der Waals surface area contributed by atoms with Crippen LogP contribution >= 0.6 is 0 Å². The van der Waals surface area contributed by atoms with E-state index in [9.17, 15) is 8.78 Å². The number of nitrogens with zero attached hydrogens (tertiary/aromatic N) is 1. The Bertz CT molecular complexity index is 658. The Labute approximate surface area is 122 Å². The van der Waals surface area contributed by atoms with E-state index in [-0.39, 0.29) is 5.75 Å². The Balaban J connectivity index is 2.16. The summed E-state index contributed by atoms with van der Waals surface area (Å²) in [6.45, 7) is -2.81. The van der Waals surface area contributed by atoms with Crippen molar-refractivity contribution in [2.75, 3.05) is 12.4 Å². The molecular weight excluding hydrogens is 274 g/mol. The van der Waals surface area contributed by atoms with E-state index >= 15 is 0 Å². The second kappa shape index (κ2) is 5.84. The molecule has 3 rings (SSSR count). The molecular formula is C16H18F2N2O. The average molecular weight is 292 g/mol. The van der Waals surface area contributed by atoms with Crippen molar-refractivity contribution >= 4 is 16.6 Å². The van der Waals surface area contributed by atoms with Crippen LogP contribution < -0.4 is 10.1 Å². The van der Waals surface area contributed by atoms with Crippen LogP contribution in [0.5, 0.6) is 5.75 Å². The summed E-state index contributed by atoms with van der Waals surface area (Å²) in [7, 11) is 1.86. The topological polar surface area (TPSA) is 34.2 Å². The zero-order valence-electron chi connectivity index (χ0n) is 12.0. The van der Waals surface area contributed by atoms with E-state index in [2.05, 4.69) is 10.1 Å². The number of fused-ring (bicyclic) bond motifs is 2. The van der Waals surface area contributed by atoms with E-state index in [1.54, 1.807) is 18.2 Å². The Morgan fingerprint density at radius 3 is 2.76 bits per heavy atom. The zero-order chi connectivity index (χ0) is 14.8. The summed E-state index contributed by atoms with van der Waals surface area (Å²) in [5.74, 6) is 0.171. The molecule has 0 amide bonds. The van der Waals surface area contributed by atoms with Gasteiger partial charge in [0.25, 0.3) is 0 Å². The van der Waals surface area contributed by atoms with Crippen LogP contribution in [0.1, 0.15) is 30.5 Å². The number of aromatic nitrogens is 1. The highest BCUT2D eigenvalue weighted by Gasteiger charge is 2.17. The number of halogens is 2. The Kier molecular flexibility index (Phi) is 3.90. The predicted molar refractivity (Wildman–Crippen MR) is 79.2 cm³/mol. The lowest BCUT2D eigenvalue weighted by atomic mass is 10.0. The molecule has 0 spiro atoms. The minimum Gasteiger partial charge on any atom is -0.435 e. The number of ether oxygens (including phenoxy) is 1. The van der Waals surface area contributed by atoms with Crippen LogP contribution in [-0.2, 0) is 12.8 Å². The number of pyridine rings is 1. The maximum absolute atomic E-state index is 12.4. The highest BCUT2D eigenvalue weighted by atomic mass is 19.3. The molecule has 1 N–H and O–H groups in total. The van der Waals surface area contributed by atoms with Crippen molar-refractivity contribution in [2.24, 2.45) is 0 Å². The summed E-state index contributed by atoms with van der Waals surface area (Å²) in [4.78, 5) is 4.72. The fraction of sp³-hybridized carbons (Fsp3) is 0.438. The largest absolute Gasteiger partial charge is 0.435 e. The molecule has 0 fully saturated rings. The van der Waals surface area contributed by atoms with E-state index in [4.69, 9.17) is 4.98 Å². The van der Waals surface area contributed by atoms with Gasteiger partial charge in [-0.3, -0.25) is 4.98 Å². The third kappa shape index (κ3) is 2.77. The Hall–Kier alpha value is -1.91. The molecule has 5 heteroatoms. The van der Waals surface area contributed by atoms with Crippen LogP contribution in [0.15, 0.2) is 18.2 Å². The molecule has 0 atom stereocenters. The predicted octanol–water partition coefficient (Wildman–Crippen LogP) is 4.15. The van der Waals surface area contributed by atoms with Gasteiger partial charge in [0, 0.05) is 23.8 Å². The normalized spacial score (nSPS) is 14.9. The van der Waals surface area contributed by atoms with Crippen molar-refractivity contribution in [3.8, 4) is 5.75 Å². The van der Waals surface area contributed by atoms with Crippen LogP contribution in [0.25, 0.3) is 10.9 Å². The van der Waals surface area contributed by atoms with Crippen molar-refractivity contribution in [3.05, 3.63) is 29.5 Å². The van der Waals surface area contributed by atoms with Crippen LogP contribution in [0.4, 0.5) is 14.5 Å². The molecule has 21 heavy (non-hydrogen) atoms. The van der Waals surface area contributed by atoms with Gasteiger partial charge in [0.15, 0.2) is 0 Å². The van der Waals surface area contributed by atoms with Crippen LogP contribution in [0, 0.1) is 0 Å². The third-order valence-electron chi connectivity index (χ3n) is 3.96. The second-order valence-electron chi connectivity index (χ2n) is 5.28. The number of aryl methyl sites for hydroxylation is 1. The molecule has 0 unspecified atom stereocenters. The monoisotopic (exact) mass is 292 g/mol. The first-order valence-corrected chi connectivity index (χ1v) is 7.27. The molecule has 0 aliphatic heterocycles. The van der Waals surface area contributed by atoms with E-state index in [1.807, 2.05) is 7.05 Å². The maximum atomic E-state index is 12.4. The molecule has 1 aromatic carbocycles. The smallest absolute Gasteiger partial charge is 0.387 e. The summed E-state index contributed by atoms with van der Waals surface area (Å²) in [5.41, 5.74) is 4.17. The third-order valence-corrected chi connectivity index (χ3v) is 3.96. The van der Waals surface area contributed by atoms with Gasteiger partial charge in [0.2, 0.25) is 0 Å². The van der Waals surface area contributed by atoms with Gasteiger partial charge < -0.3 is 10.1 Å². The van der Waals surface area contributed by atoms with Gasteiger partial charge in [-0.15, -0.1) is 0 Å². The first kappa shape index (κ1) is 14.0. The Morgan fingerprint density at radius 1 is 1.19 bits per heavy atom. The molecule has 0 bridgehead atoms. The second-order valence-corrected chi connectivity index (χ2v) is 5.28. The molecule has 1 aliphatic carbocycles. The lowest BCUT2D eigenvalue weighted by Crippen LogP contribution is -2.05. The molecule has 0 saturated carbocycles. The summed E-state index contributed by atoms with van der Waals surface area (Å²) in [6.07, 6.45) is 5.46. The van der Waals surface area contributed by atoms with Gasteiger partial charge in [-0.1, -0.05) is 6.42 Å². The highest BCUT2D eigenvalue weighted by molar-refractivity contribution is 5.94. The standard InChI is InChI=1S/C16H18F2N2O/c1-19-15-11-5-3-2-4-6-13(11)20-14-8-7-10(9-12(14)15)21-16(17)18/h7-9,16H,2-6H2,1H3,(H,19,20). The van der Waals surface area contributed by atoms with Crippen LogP contribution in [0.3, 0.4) is 0 Å². The number of nitrogens with one attached hydrogen (secondary N) is 1. The fourth-order valence-electron chi connectivity index (χ4n) is 3.04. The molecule has 0 radical (unpaired) electrons. The molecule has 112 valence electrons. The van der Waals surface area contributed by atoms with Gasteiger partial charge in [0.1, 0.15) is 5.75 Å². The highest BCUT2D eigenvalue weighted by Crippen LogP contribution is 2.34. The van der Waals surface area contributed by atoms with Gasteiger partial charge in [-0.2, -0.15) is 8.78 Å². The summed E-state index contributed by atoms with van der Waals surface area (Å²) >= 11 is 0. The summed E-state index contributed by atoms with van der Waals surface area (Å²) in [6, 6.07) is 4.94. The number of hydrogen-bond acceptors (Lipinski definition) is 3. The molecule has 1 aliphatic rings. The van der Waals surface area contributed by atoms with Gasteiger partial charge in [-0.05, 0) is 49.4 Å². The molecule has 0 saturated heterocycles. The first-order valence-electron chi connectivity index (χ1n) is 7.27. The van der Waals surface area contributed by atoms with Crippen molar-refractivity contribution in [1.82, 2.24) is 4.98 Å². The van der Waals surface area contributed by atoms with Crippen molar-refractivity contribution in [1.29, 1.82) is 0 Å². The lowest BCUT2D eigenvalue weighted by molar-refractivity contribution is -0.0497. The van der Waals surface area contributed by atoms with Crippen LogP contribution in [-0.4, -0.2) is 18.6 Å². The average Bonchev–Trinajstić information content (AvgIpc) is 2.69. The quantitative estimate of drug-likeness (QED) is 0.863. The number of rotatable bonds is 3.